The second kappa shape index (κ2) is 12.2. The van der Waals surface area contributed by atoms with Crippen LogP contribution in [0.3, 0.4) is 0 Å². The van der Waals surface area contributed by atoms with E-state index in [9.17, 15) is 20.1 Å². The standard InChI is InChI=1S/C22H31ClO6/c23-15-6-5-7-17(12-15)29-14-16(24)10-11-19-18(20(25)13-21(19)26)8-3-1-2-4-9-22(27)28/h5-7,10-12,16,18-21,24-26H,1-4,8-9,13-14H2,(H,27,28)/b11-10+/t16-,18+,19+,20-,21+/m0/s1. The summed E-state index contributed by atoms with van der Waals surface area (Å²) in [6.45, 7) is 0.0659. The molecule has 1 saturated carbocycles. The van der Waals surface area contributed by atoms with Gasteiger partial charge in [-0.05, 0) is 37.0 Å². The molecule has 1 aromatic rings. The lowest BCUT2D eigenvalue weighted by molar-refractivity contribution is -0.137. The second-order valence-corrected chi connectivity index (χ2v) is 8.12. The molecule has 0 spiro atoms. The highest BCUT2D eigenvalue weighted by atomic mass is 35.5. The molecule has 4 N–H and O–H groups in total. The van der Waals surface area contributed by atoms with E-state index in [0.29, 0.717) is 23.6 Å². The topological polar surface area (TPSA) is 107 Å². The summed E-state index contributed by atoms with van der Waals surface area (Å²) in [4.78, 5) is 10.5. The number of aliphatic hydroxyl groups excluding tert-OH is 3. The Balaban J connectivity index is 1.78. The molecule has 0 aromatic heterocycles. The summed E-state index contributed by atoms with van der Waals surface area (Å²) >= 11 is 5.90. The first-order valence-corrected chi connectivity index (χ1v) is 10.6. The van der Waals surface area contributed by atoms with Crippen molar-refractivity contribution < 1.29 is 30.0 Å². The lowest BCUT2D eigenvalue weighted by atomic mass is 9.88. The number of hydrogen-bond donors (Lipinski definition) is 4. The predicted molar refractivity (Wildman–Crippen MR) is 111 cm³/mol. The molecule has 7 heteroatoms. The Morgan fingerprint density at radius 2 is 1.97 bits per heavy atom. The van der Waals surface area contributed by atoms with E-state index in [1.165, 1.54) is 0 Å². The number of rotatable bonds is 12. The van der Waals surface area contributed by atoms with Gasteiger partial charge in [0, 0.05) is 23.8 Å². The van der Waals surface area contributed by atoms with Crippen LogP contribution in [0.4, 0.5) is 0 Å². The number of unbranched alkanes of at least 4 members (excludes halogenated alkanes) is 3. The van der Waals surface area contributed by atoms with Gasteiger partial charge in [0.15, 0.2) is 0 Å². The van der Waals surface area contributed by atoms with E-state index in [2.05, 4.69) is 0 Å². The number of hydrogen-bond acceptors (Lipinski definition) is 5. The van der Waals surface area contributed by atoms with Crippen LogP contribution in [-0.4, -0.2) is 51.3 Å². The van der Waals surface area contributed by atoms with E-state index in [-0.39, 0.29) is 24.9 Å². The van der Waals surface area contributed by atoms with Crippen LogP contribution < -0.4 is 4.74 Å². The fraction of sp³-hybridized carbons (Fsp3) is 0.591. The zero-order valence-corrected chi connectivity index (χ0v) is 17.2. The third-order valence-corrected chi connectivity index (χ3v) is 5.60. The fourth-order valence-electron chi connectivity index (χ4n) is 3.84. The number of carboxylic acid groups (broad SMARTS) is 1. The van der Waals surface area contributed by atoms with Gasteiger partial charge >= 0.3 is 5.97 Å². The van der Waals surface area contributed by atoms with Crippen molar-refractivity contribution in [3.63, 3.8) is 0 Å². The molecular formula is C22H31ClO6. The van der Waals surface area contributed by atoms with Gasteiger partial charge in [0.25, 0.3) is 0 Å². The highest BCUT2D eigenvalue weighted by molar-refractivity contribution is 6.30. The Hall–Kier alpha value is -1.60. The maximum absolute atomic E-state index is 10.5. The van der Waals surface area contributed by atoms with Crippen molar-refractivity contribution >= 4 is 17.6 Å². The first-order chi connectivity index (χ1) is 13.9. The van der Waals surface area contributed by atoms with Crippen LogP contribution >= 0.6 is 11.6 Å². The van der Waals surface area contributed by atoms with Gasteiger partial charge in [-0.15, -0.1) is 0 Å². The number of ether oxygens (including phenoxy) is 1. The van der Waals surface area contributed by atoms with Crippen molar-refractivity contribution in [2.45, 2.75) is 63.3 Å². The van der Waals surface area contributed by atoms with Gasteiger partial charge in [-0.1, -0.05) is 49.1 Å². The zero-order chi connectivity index (χ0) is 21.2. The van der Waals surface area contributed by atoms with Crippen LogP contribution in [0.1, 0.15) is 44.9 Å². The van der Waals surface area contributed by atoms with Crippen molar-refractivity contribution in [1.82, 2.24) is 0 Å². The summed E-state index contributed by atoms with van der Waals surface area (Å²) in [6.07, 6.45) is 5.89. The maximum Gasteiger partial charge on any atom is 0.303 e. The molecule has 0 amide bonds. The summed E-state index contributed by atoms with van der Waals surface area (Å²) in [5.74, 6) is -0.490. The largest absolute Gasteiger partial charge is 0.491 e. The molecule has 162 valence electrons. The molecule has 0 saturated heterocycles. The SMILES string of the molecule is O=C(O)CCCCCC[C@@H]1[C@@H](/C=C/[C@H](O)COc2cccc(Cl)c2)[C@H](O)C[C@@H]1O. The third-order valence-electron chi connectivity index (χ3n) is 5.37. The lowest BCUT2D eigenvalue weighted by Crippen LogP contribution is -2.22. The number of carbonyl (C=O) groups is 1. The lowest BCUT2D eigenvalue weighted by Gasteiger charge is -2.21. The Morgan fingerprint density at radius 3 is 2.69 bits per heavy atom. The average Bonchev–Trinajstić information content (AvgIpc) is 2.93. The van der Waals surface area contributed by atoms with Gasteiger partial charge in [0.1, 0.15) is 18.5 Å². The minimum atomic E-state index is -0.837. The van der Waals surface area contributed by atoms with E-state index in [1.54, 1.807) is 36.4 Å². The van der Waals surface area contributed by atoms with Crippen molar-refractivity contribution in [2.24, 2.45) is 11.8 Å². The summed E-state index contributed by atoms with van der Waals surface area (Å²) in [6, 6.07) is 6.93. The van der Waals surface area contributed by atoms with Gasteiger partial charge < -0.3 is 25.2 Å². The van der Waals surface area contributed by atoms with E-state index >= 15 is 0 Å². The van der Waals surface area contributed by atoms with E-state index in [4.69, 9.17) is 21.4 Å². The first-order valence-electron chi connectivity index (χ1n) is 10.2. The van der Waals surface area contributed by atoms with E-state index in [0.717, 1.165) is 25.7 Å². The van der Waals surface area contributed by atoms with Crippen molar-refractivity contribution in [3.05, 3.63) is 41.4 Å². The molecule has 0 unspecified atom stereocenters. The van der Waals surface area contributed by atoms with Crippen molar-refractivity contribution in [2.75, 3.05) is 6.61 Å². The number of aliphatic carboxylic acids is 1. The van der Waals surface area contributed by atoms with Crippen LogP contribution in [0.25, 0.3) is 0 Å². The van der Waals surface area contributed by atoms with Crippen molar-refractivity contribution in [1.29, 1.82) is 0 Å². The van der Waals surface area contributed by atoms with E-state index < -0.39 is 24.3 Å². The Morgan fingerprint density at radius 1 is 1.21 bits per heavy atom. The molecule has 0 bridgehead atoms. The highest BCUT2D eigenvalue weighted by Crippen LogP contribution is 2.37. The molecule has 1 fully saturated rings. The Bertz CT molecular complexity index is 664. The first kappa shape index (κ1) is 23.7. The highest BCUT2D eigenvalue weighted by Gasteiger charge is 2.39. The average molecular weight is 427 g/mol. The minimum absolute atomic E-state index is 0.0659. The maximum atomic E-state index is 10.5. The molecule has 1 aliphatic rings. The summed E-state index contributed by atoms with van der Waals surface area (Å²) in [7, 11) is 0. The Labute approximate surface area is 176 Å². The quantitative estimate of drug-likeness (QED) is 0.301. The van der Waals surface area contributed by atoms with Crippen molar-refractivity contribution in [3.8, 4) is 5.75 Å². The molecule has 29 heavy (non-hydrogen) atoms. The van der Waals surface area contributed by atoms with E-state index in [1.807, 2.05) is 0 Å². The normalized spacial score (nSPS) is 25.4. The van der Waals surface area contributed by atoms with Gasteiger partial charge in [-0.25, -0.2) is 0 Å². The van der Waals surface area contributed by atoms with Crippen LogP contribution in [0.15, 0.2) is 36.4 Å². The molecule has 0 radical (unpaired) electrons. The number of benzene rings is 1. The monoisotopic (exact) mass is 426 g/mol. The molecule has 1 aliphatic carbocycles. The summed E-state index contributed by atoms with van der Waals surface area (Å²) in [5.41, 5.74) is 0. The second-order valence-electron chi connectivity index (χ2n) is 7.68. The predicted octanol–water partition coefficient (Wildman–Crippen LogP) is 3.42. The fourth-order valence-corrected chi connectivity index (χ4v) is 4.02. The molecule has 6 nitrogen and oxygen atoms in total. The molecule has 5 atom stereocenters. The van der Waals surface area contributed by atoms with Crippen LogP contribution in [0.2, 0.25) is 5.02 Å². The number of halogens is 1. The molecule has 2 rings (SSSR count). The van der Waals surface area contributed by atoms with Gasteiger partial charge in [-0.2, -0.15) is 0 Å². The number of carboxylic acids is 1. The number of aliphatic hydroxyl groups is 3. The van der Waals surface area contributed by atoms with Gasteiger partial charge in [0.2, 0.25) is 0 Å². The zero-order valence-electron chi connectivity index (χ0n) is 16.5. The van der Waals surface area contributed by atoms with Crippen LogP contribution in [0, 0.1) is 11.8 Å². The molecule has 1 aromatic carbocycles. The summed E-state index contributed by atoms with van der Waals surface area (Å²) < 4.78 is 5.52. The van der Waals surface area contributed by atoms with Crippen LogP contribution in [0.5, 0.6) is 5.75 Å². The molecular weight excluding hydrogens is 396 g/mol. The minimum Gasteiger partial charge on any atom is -0.491 e. The molecule has 0 aliphatic heterocycles. The van der Waals surface area contributed by atoms with Gasteiger partial charge in [-0.3, -0.25) is 4.79 Å². The third kappa shape index (κ3) is 8.34. The van der Waals surface area contributed by atoms with Gasteiger partial charge in [0.05, 0.1) is 12.2 Å². The Kier molecular flexibility index (Phi) is 9.94. The molecule has 0 heterocycles. The smallest absolute Gasteiger partial charge is 0.303 e. The summed E-state index contributed by atoms with van der Waals surface area (Å²) in [5, 5.41) is 39.9. The van der Waals surface area contributed by atoms with Crippen LogP contribution in [-0.2, 0) is 4.79 Å².